The first-order valence-electron chi connectivity index (χ1n) is 13.5. The summed E-state index contributed by atoms with van der Waals surface area (Å²) in [5, 5.41) is 14.1. The first-order chi connectivity index (χ1) is 18.4. The molecule has 1 aromatic carbocycles. The highest BCUT2D eigenvalue weighted by Gasteiger charge is 2.36. The van der Waals surface area contributed by atoms with Crippen molar-refractivity contribution in [3.8, 4) is 0 Å². The number of carbonyl (C=O) groups excluding carboxylic acids is 3. The predicted molar refractivity (Wildman–Crippen MR) is 148 cm³/mol. The molecule has 9 nitrogen and oxygen atoms in total. The minimum atomic E-state index is -0.769. The number of imide groups is 1. The van der Waals surface area contributed by atoms with Crippen LogP contribution in [-0.2, 0) is 16.1 Å². The molecule has 1 aromatic heterocycles. The number of benzene rings is 1. The van der Waals surface area contributed by atoms with E-state index < -0.39 is 41.4 Å². The molecule has 0 saturated heterocycles. The molecule has 3 amide bonds. The van der Waals surface area contributed by atoms with Crippen LogP contribution < -0.4 is 10.6 Å². The molecule has 0 radical (unpaired) electrons. The van der Waals surface area contributed by atoms with E-state index in [1.807, 2.05) is 46.7 Å². The van der Waals surface area contributed by atoms with E-state index in [9.17, 15) is 18.8 Å². The number of nitrogens with one attached hydrogen (secondary N) is 2. The molecule has 214 valence electrons. The molecule has 3 rings (SSSR count). The van der Waals surface area contributed by atoms with Crippen molar-refractivity contribution in [3.05, 3.63) is 41.0 Å². The lowest BCUT2D eigenvalue weighted by molar-refractivity contribution is -0.135. The van der Waals surface area contributed by atoms with E-state index in [0.717, 1.165) is 18.4 Å². The zero-order chi connectivity index (χ0) is 28.7. The van der Waals surface area contributed by atoms with Crippen molar-refractivity contribution >= 4 is 29.5 Å². The number of halogens is 1. The van der Waals surface area contributed by atoms with Crippen LogP contribution in [0, 0.1) is 17.7 Å². The lowest BCUT2D eigenvalue weighted by Gasteiger charge is -2.31. The molecule has 1 aliphatic carbocycles. The van der Waals surface area contributed by atoms with Crippen LogP contribution in [0.3, 0.4) is 0 Å². The van der Waals surface area contributed by atoms with E-state index in [1.165, 1.54) is 23.9 Å². The SMILES string of the molecule is CC(C)CC(C(=O)NC(=O)[C@@H]1CCCC[C@@H]1NC(=O)c1ccc(CN(C)C)cc1F)c1nnc(SC(C)C)o1. The molecule has 3 atom stereocenters. The minimum absolute atomic E-state index is 0.0678. The van der Waals surface area contributed by atoms with E-state index in [4.69, 9.17) is 4.42 Å². The zero-order valence-electron chi connectivity index (χ0n) is 23.6. The number of thioether (sulfide) groups is 1. The Hall–Kier alpha value is -2.79. The summed E-state index contributed by atoms with van der Waals surface area (Å²) in [6.07, 6.45) is 3.12. The van der Waals surface area contributed by atoms with Crippen molar-refractivity contribution in [2.45, 2.75) is 88.8 Å². The summed E-state index contributed by atoms with van der Waals surface area (Å²) < 4.78 is 20.5. The number of hydrogen-bond acceptors (Lipinski definition) is 8. The van der Waals surface area contributed by atoms with Gasteiger partial charge in [-0.25, -0.2) is 4.39 Å². The number of hydrogen-bond donors (Lipinski definition) is 2. The molecule has 1 aliphatic rings. The monoisotopic (exact) mass is 561 g/mol. The summed E-state index contributed by atoms with van der Waals surface area (Å²) in [5.41, 5.74) is 0.691. The van der Waals surface area contributed by atoms with Gasteiger partial charge in [-0.2, -0.15) is 0 Å². The maximum atomic E-state index is 14.7. The van der Waals surface area contributed by atoms with Gasteiger partial charge in [-0.05, 0) is 57.0 Å². The molecule has 1 heterocycles. The summed E-state index contributed by atoms with van der Waals surface area (Å²) in [6, 6.07) is 4.04. The Morgan fingerprint density at radius 1 is 1.13 bits per heavy atom. The number of nitrogens with zero attached hydrogens (tertiary/aromatic N) is 3. The topological polar surface area (TPSA) is 117 Å². The van der Waals surface area contributed by atoms with Crippen molar-refractivity contribution in [2.24, 2.45) is 11.8 Å². The average Bonchev–Trinajstić information content (AvgIpc) is 3.29. The average molecular weight is 562 g/mol. The Morgan fingerprint density at radius 2 is 1.85 bits per heavy atom. The fourth-order valence-electron chi connectivity index (χ4n) is 4.77. The second-order valence-corrected chi connectivity index (χ2v) is 12.7. The molecular formula is C28H40FN5O4S. The van der Waals surface area contributed by atoms with Crippen molar-refractivity contribution < 1.29 is 23.2 Å². The Morgan fingerprint density at radius 3 is 2.49 bits per heavy atom. The lowest BCUT2D eigenvalue weighted by Crippen LogP contribution is -2.50. The van der Waals surface area contributed by atoms with Crippen LogP contribution in [0.5, 0.6) is 0 Å². The van der Waals surface area contributed by atoms with Crippen molar-refractivity contribution in [3.63, 3.8) is 0 Å². The highest BCUT2D eigenvalue weighted by atomic mass is 32.2. The largest absolute Gasteiger partial charge is 0.415 e. The van der Waals surface area contributed by atoms with Crippen LogP contribution in [0.4, 0.5) is 4.39 Å². The second-order valence-electron chi connectivity index (χ2n) is 11.1. The van der Waals surface area contributed by atoms with Gasteiger partial charge in [0.05, 0.1) is 11.5 Å². The van der Waals surface area contributed by atoms with Gasteiger partial charge < -0.3 is 14.6 Å². The molecule has 2 aromatic rings. The third kappa shape index (κ3) is 8.86. The van der Waals surface area contributed by atoms with Gasteiger partial charge in [-0.3, -0.25) is 19.7 Å². The molecule has 39 heavy (non-hydrogen) atoms. The Bertz CT molecular complexity index is 1150. The summed E-state index contributed by atoms with van der Waals surface area (Å²) in [7, 11) is 3.77. The summed E-state index contributed by atoms with van der Waals surface area (Å²) >= 11 is 1.40. The first kappa shape index (κ1) is 30.7. The van der Waals surface area contributed by atoms with Crippen molar-refractivity contribution in [2.75, 3.05) is 14.1 Å². The maximum absolute atomic E-state index is 14.7. The van der Waals surface area contributed by atoms with E-state index >= 15 is 0 Å². The standard InChI is InChI=1S/C28H40FN5O4S/c1-16(2)13-21(27-32-33-28(38-27)39-17(3)4)26(37)31-25(36)20-9-7-8-10-23(20)30-24(35)19-12-11-18(14-22(19)29)15-34(5)6/h11-12,14,16-17,20-21,23H,7-10,13,15H2,1-6H3,(H,30,35)(H,31,36,37)/t20-,21?,23+/m1/s1. The smallest absolute Gasteiger partial charge is 0.276 e. The normalized spacial score (nSPS) is 18.4. The van der Waals surface area contributed by atoms with Gasteiger partial charge >= 0.3 is 0 Å². The van der Waals surface area contributed by atoms with Crippen LogP contribution in [-0.4, -0.2) is 58.2 Å². The van der Waals surface area contributed by atoms with Gasteiger partial charge in [0, 0.05) is 17.8 Å². The Kier molecular flexibility index (Phi) is 11.1. The van der Waals surface area contributed by atoms with Gasteiger partial charge in [0.1, 0.15) is 11.7 Å². The maximum Gasteiger partial charge on any atom is 0.276 e. The van der Waals surface area contributed by atoms with Gasteiger partial charge in [-0.15, -0.1) is 10.2 Å². The molecule has 2 N–H and O–H groups in total. The molecule has 0 bridgehead atoms. The van der Waals surface area contributed by atoms with E-state index in [-0.39, 0.29) is 22.6 Å². The molecule has 1 unspecified atom stereocenters. The third-order valence-corrected chi connectivity index (χ3v) is 7.36. The zero-order valence-corrected chi connectivity index (χ0v) is 24.4. The molecule has 11 heteroatoms. The summed E-state index contributed by atoms with van der Waals surface area (Å²) in [5.74, 6) is -3.20. The summed E-state index contributed by atoms with van der Waals surface area (Å²) in [4.78, 5) is 41.4. The molecule has 1 saturated carbocycles. The number of rotatable bonds is 11. The molecule has 0 aliphatic heterocycles. The highest BCUT2D eigenvalue weighted by Crippen LogP contribution is 2.29. The van der Waals surface area contributed by atoms with Gasteiger partial charge in [-0.1, -0.05) is 58.4 Å². The van der Waals surface area contributed by atoms with Crippen LogP contribution in [0.2, 0.25) is 0 Å². The fraction of sp³-hybridized carbons (Fsp3) is 0.607. The van der Waals surface area contributed by atoms with Crippen molar-refractivity contribution in [1.82, 2.24) is 25.7 Å². The van der Waals surface area contributed by atoms with Gasteiger partial charge in [0.2, 0.25) is 17.7 Å². The quantitative estimate of drug-likeness (QED) is 0.384. The van der Waals surface area contributed by atoms with Gasteiger partial charge in [0.25, 0.3) is 11.1 Å². The molecular weight excluding hydrogens is 521 g/mol. The van der Waals surface area contributed by atoms with Crippen LogP contribution in [0.25, 0.3) is 0 Å². The van der Waals surface area contributed by atoms with E-state index in [0.29, 0.717) is 31.0 Å². The first-order valence-corrected chi connectivity index (χ1v) is 14.4. The number of amides is 3. The minimum Gasteiger partial charge on any atom is -0.415 e. The predicted octanol–water partition coefficient (Wildman–Crippen LogP) is 4.53. The van der Waals surface area contributed by atoms with Crippen molar-refractivity contribution in [1.29, 1.82) is 0 Å². The van der Waals surface area contributed by atoms with Crippen LogP contribution in [0.15, 0.2) is 27.8 Å². The highest BCUT2D eigenvalue weighted by molar-refractivity contribution is 7.99. The van der Waals surface area contributed by atoms with E-state index in [2.05, 4.69) is 20.8 Å². The lowest BCUT2D eigenvalue weighted by atomic mass is 9.83. The Labute approximate surface area is 234 Å². The molecule has 1 fully saturated rings. The fourth-order valence-corrected chi connectivity index (χ4v) is 5.40. The second kappa shape index (κ2) is 14.0. The number of carbonyl (C=O) groups is 3. The van der Waals surface area contributed by atoms with Gasteiger partial charge in [0.15, 0.2) is 0 Å². The van der Waals surface area contributed by atoms with Crippen LogP contribution in [0.1, 0.15) is 87.5 Å². The van der Waals surface area contributed by atoms with E-state index in [1.54, 1.807) is 6.07 Å². The molecule has 0 spiro atoms. The number of aromatic nitrogens is 2. The Balaban J connectivity index is 1.70. The third-order valence-electron chi connectivity index (χ3n) is 6.52. The van der Waals surface area contributed by atoms with Crippen LogP contribution >= 0.6 is 11.8 Å². The summed E-state index contributed by atoms with van der Waals surface area (Å²) in [6.45, 7) is 8.50.